The number of nitrogens with one attached hydrogen (secondary N) is 1. The lowest BCUT2D eigenvalue weighted by atomic mass is 10.1. The van der Waals surface area contributed by atoms with Crippen LogP contribution in [0, 0.1) is 13.8 Å². The standard InChI is InChI=1S/C17H19Cl2N3O2S/c1-9(2)22(16(24)13-6-5-12(18)7-14(13)19)8-15(23)21-17-20-10(3)11(4)25-17/h5-7,9H,8H2,1-4H3,(H,20,21,23). The van der Waals surface area contributed by atoms with Gasteiger partial charge < -0.3 is 10.2 Å². The van der Waals surface area contributed by atoms with Gasteiger partial charge in [0, 0.05) is 15.9 Å². The number of carbonyl (C=O) groups excluding carboxylic acids is 2. The van der Waals surface area contributed by atoms with E-state index >= 15 is 0 Å². The molecule has 5 nitrogen and oxygen atoms in total. The first-order valence-corrected chi connectivity index (χ1v) is 9.26. The van der Waals surface area contributed by atoms with Crippen molar-refractivity contribution in [2.75, 3.05) is 11.9 Å². The van der Waals surface area contributed by atoms with Gasteiger partial charge in [-0.25, -0.2) is 4.98 Å². The van der Waals surface area contributed by atoms with E-state index in [4.69, 9.17) is 23.2 Å². The summed E-state index contributed by atoms with van der Waals surface area (Å²) in [4.78, 5) is 31.9. The maximum atomic E-state index is 12.8. The van der Waals surface area contributed by atoms with Crippen molar-refractivity contribution in [3.8, 4) is 0 Å². The minimum absolute atomic E-state index is 0.0901. The third-order valence-corrected chi connectivity index (χ3v) is 5.17. The van der Waals surface area contributed by atoms with Crippen molar-refractivity contribution >= 4 is 51.5 Å². The third-order valence-electron chi connectivity index (χ3n) is 3.63. The van der Waals surface area contributed by atoms with Crippen LogP contribution in [0.5, 0.6) is 0 Å². The highest BCUT2D eigenvalue weighted by Gasteiger charge is 2.24. The number of aromatic nitrogens is 1. The summed E-state index contributed by atoms with van der Waals surface area (Å²) < 4.78 is 0. The molecule has 0 unspecified atom stereocenters. The summed E-state index contributed by atoms with van der Waals surface area (Å²) in [5, 5.41) is 3.98. The average Bonchev–Trinajstić information content (AvgIpc) is 2.81. The molecule has 0 aliphatic carbocycles. The Bertz CT molecular complexity index is 786. The average molecular weight is 400 g/mol. The quantitative estimate of drug-likeness (QED) is 0.801. The van der Waals surface area contributed by atoms with Gasteiger partial charge in [-0.1, -0.05) is 23.2 Å². The topological polar surface area (TPSA) is 62.3 Å². The molecule has 2 aromatic rings. The first-order chi connectivity index (χ1) is 11.7. The fourth-order valence-corrected chi connectivity index (χ4v) is 3.47. The number of hydrogen-bond donors (Lipinski definition) is 1. The first kappa shape index (κ1) is 19.7. The number of halogens is 2. The van der Waals surface area contributed by atoms with Crippen LogP contribution in [0.25, 0.3) is 0 Å². The number of rotatable bonds is 5. The molecule has 0 radical (unpaired) electrons. The van der Waals surface area contributed by atoms with Crippen molar-refractivity contribution in [2.24, 2.45) is 0 Å². The van der Waals surface area contributed by atoms with Crippen LogP contribution in [0.1, 0.15) is 34.8 Å². The number of amides is 2. The van der Waals surface area contributed by atoms with Crippen molar-refractivity contribution in [3.05, 3.63) is 44.4 Å². The number of benzene rings is 1. The van der Waals surface area contributed by atoms with Gasteiger partial charge in [0.25, 0.3) is 5.91 Å². The first-order valence-electron chi connectivity index (χ1n) is 7.69. The molecule has 0 fully saturated rings. The van der Waals surface area contributed by atoms with E-state index in [1.54, 1.807) is 12.1 Å². The molecule has 1 heterocycles. The monoisotopic (exact) mass is 399 g/mol. The third kappa shape index (κ3) is 4.93. The second-order valence-electron chi connectivity index (χ2n) is 5.86. The zero-order valence-corrected chi connectivity index (χ0v) is 16.7. The van der Waals surface area contributed by atoms with Crippen molar-refractivity contribution in [2.45, 2.75) is 33.7 Å². The molecule has 0 atom stereocenters. The normalized spacial score (nSPS) is 10.8. The van der Waals surface area contributed by atoms with Crippen LogP contribution in [0.3, 0.4) is 0 Å². The minimum Gasteiger partial charge on any atom is -0.327 e. The summed E-state index contributed by atoms with van der Waals surface area (Å²) in [6, 6.07) is 4.49. The summed E-state index contributed by atoms with van der Waals surface area (Å²) in [6.07, 6.45) is 0. The smallest absolute Gasteiger partial charge is 0.256 e. The maximum absolute atomic E-state index is 12.8. The Hall–Kier alpha value is -1.63. The van der Waals surface area contributed by atoms with Gasteiger partial charge in [0.2, 0.25) is 5.91 Å². The van der Waals surface area contributed by atoms with E-state index in [0.717, 1.165) is 10.6 Å². The van der Waals surface area contributed by atoms with Crippen LogP contribution in [0.2, 0.25) is 10.0 Å². The zero-order valence-electron chi connectivity index (χ0n) is 14.4. The van der Waals surface area contributed by atoms with E-state index in [0.29, 0.717) is 15.7 Å². The second-order valence-corrected chi connectivity index (χ2v) is 7.91. The zero-order chi connectivity index (χ0) is 18.7. The van der Waals surface area contributed by atoms with Gasteiger partial charge in [-0.15, -0.1) is 11.3 Å². The van der Waals surface area contributed by atoms with Crippen molar-refractivity contribution in [3.63, 3.8) is 0 Å². The lowest BCUT2D eigenvalue weighted by molar-refractivity contribution is -0.117. The van der Waals surface area contributed by atoms with Crippen LogP contribution in [0.4, 0.5) is 5.13 Å². The van der Waals surface area contributed by atoms with Crippen LogP contribution in [0.15, 0.2) is 18.2 Å². The predicted molar refractivity (Wildman–Crippen MR) is 103 cm³/mol. The predicted octanol–water partition coefficient (Wildman–Crippen LogP) is 4.56. The largest absolute Gasteiger partial charge is 0.327 e. The van der Waals surface area contributed by atoms with Gasteiger partial charge in [0.15, 0.2) is 5.13 Å². The van der Waals surface area contributed by atoms with Gasteiger partial charge in [0.05, 0.1) is 16.3 Å². The fraction of sp³-hybridized carbons (Fsp3) is 0.353. The summed E-state index contributed by atoms with van der Waals surface area (Å²) >= 11 is 13.4. The number of nitrogens with zero attached hydrogens (tertiary/aromatic N) is 2. The highest BCUT2D eigenvalue weighted by molar-refractivity contribution is 7.15. The molecule has 2 rings (SSSR count). The van der Waals surface area contributed by atoms with Crippen molar-refractivity contribution < 1.29 is 9.59 Å². The van der Waals surface area contributed by atoms with Gasteiger partial charge in [-0.05, 0) is 45.9 Å². The molecule has 0 aliphatic rings. The molecule has 2 amide bonds. The summed E-state index contributed by atoms with van der Waals surface area (Å²) in [5.74, 6) is -0.626. The van der Waals surface area contributed by atoms with Gasteiger partial charge in [0.1, 0.15) is 6.54 Å². The highest BCUT2D eigenvalue weighted by atomic mass is 35.5. The van der Waals surface area contributed by atoms with E-state index in [2.05, 4.69) is 10.3 Å². The Balaban J connectivity index is 2.14. The molecular weight excluding hydrogens is 381 g/mol. The second kappa shape index (κ2) is 8.17. The minimum atomic E-state index is -0.321. The molecule has 0 saturated heterocycles. The van der Waals surface area contributed by atoms with Crippen molar-refractivity contribution in [1.29, 1.82) is 0 Å². The number of anilines is 1. The number of carbonyl (C=O) groups is 2. The summed E-state index contributed by atoms with van der Waals surface area (Å²) in [7, 11) is 0. The van der Waals surface area contributed by atoms with E-state index in [1.807, 2.05) is 27.7 Å². The Labute approximate surface area is 161 Å². The van der Waals surface area contributed by atoms with Crippen molar-refractivity contribution in [1.82, 2.24) is 9.88 Å². The molecule has 0 saturated carbocycles. The van der Waals surface area contributed by atoms with E-state index in [-0.39, 0.29) is 29.4 Å². The van der Waals surface area contributed by atoms with Crippen LogP contribution >= 0.6 is 34.5 Å². The molecule has 8 heteroatoms. The summed E-state index contributed by atoms with van der Waals surface area (Å²) in [5.41, 5.74) is 1.19. The maximum Gasteiger partial charge on any atom is 0.256 e. The molecule has 0 bridgehead atoms. The SMILES string of the molecule is Cc1nc(NC(=O)CN(C(=O)c2ccc(Cl)cc2Cl)C(C)C)sc1C. The Morgan fingerprint density at radius 3 is 2.48 bits per heavy atom. The lowest BCUT2D eigenvalue weighted by Gasteiger charge is -2.26. The van der Waals surface area contributed by atoms with E-state index < -0.39 is 0 Å². The van der Waals surface area contributed by atoms with Crippen LogP contribution in [-0.2, 0) is 4.79 Å². The molecule has 1 aromatic carbocycles. The van der Waals surface area contributed by atoms with Crippen LogP contribution in [-0.4, -0.2) is 34.3 Å². The molecular formula is C17H19Cl2N3O2S. The van der Waals surface area contributed by atoms with Crippen LogP contribution < -0.4 is 5.32 Å². The number of aryl methyl sites for hydroxylation is 2. The summed E-state index contributed by atoms with van der Waals surface area (Å²) in [6.45, 7) is 7.41. The van der Waals surface area contributed by atoms with E-state index in [1.165, 1.54) is 22.3 Å². The molecule has 1 aromatic heterocycles. The molecule has 1 N–H and O–H groups in total. The van der Waals surface area contributed by atoms with Gasteiger partial charge >= 0.3 is 0 Å². The Morgan fingerprint density at radius 2 is 1.96 bits per heavy atom. The lowest BCUT2D eigenvalue weighted by Crippen LogP contribution is -2.42. The Morgan fingerprint density at radius 1 is 1.28 bits per heavy atom. The number of thiazole rings is 1. The molecule has 25 heavy (non-hydrogen) atoms. The fourth-order valence-electron chi connectivity index (χ4n) is 2.15. The molecule has 134 valence electrons. The molecule has 0 spiro atoms. The molecule has 0 aliphatic heterocycles. The highest BCUT2D eigenvalue weighted by Crippen LogP contribution is 2.24. The Kier molecular flexibility index (Phi) is 6.43. The van der Waals surface area contributed by atoms with E-state index in [9.17, 15) is 9.59 Å². The van der Waals surface area contributed by atoms with Gasteiger partial charge in [-0.3, -0.25) is 9.59 Å². The van der Waals surface area contributed by atoms with Gasteiger partial charge in [-0.2, -0.15) is 0 Å². The number of hydrogen-bond acceptors (Lipinski definition) is 4.